The molecule has 1 N–H and O–H groups in total. The van der Waals surface area contributed by atoms with Crippen LogP contribution in [0.25, 0.3) is 0 Å². The summed E-state index contributed by atoms with van der Waals surface area (Å²) in [6.07, 6.45) is 4.34. The smallest absolute Gasteiger partial charge is 0.122 e. The molecule has 4 aromatic carbocycles. The number of fused-ring (bicyclic) bond motifs is 1. The Morgan fingerprint density at radius 1 is 0.805 bits per heavy atom. The number of hydrogen-bond acceptors (Lipinski definition) is 3. The normalized spacial score (nSPS) is 15.3. The van der Waals surface area contributed by atoms with E-state index in [1.807, 2.05) is 0 Å². The van der Waals surface area contributed by atoms with Gasteiger partial charge < -0.3 is 10.1 Å². The van der Waals surface area contributed by atoms with Gasteiger partial charge in [0.05, 0.1) is 12.6 Å². The fourth-order valence-corrected chi connectivity index (χ4v) is 6.56. The average molecular weight is 592 g/mol. The van der Waals surface area contributed by atoms with Crippen molar-refractivity contribution in [1.29, 1.82) is 0 Å². The van der Waals surface area contributed by atoms with Crippen molar-refractivity contribution in [3.63, 3.8) is 0 Å². The van der Waals surface area contributed by atoms with Gasteiger partial charge >= 0.3 is 0 Å². The molecule has 5 rings (SSSR count). The molecule has 0 heterocycles. The molecule has 0 bridgehead atoms. The summed E-state index contributed by atoms with van der Waals surface area (Å²) in [6, 6.07) is 40.4. The van der Waals surface area contributed by atoms with Crippen molar-refractivity contribution >= 4 is 24.8 Å². The van der Waals surface area contributed by atoms with Gasteiger partial charge in [-0.05, 0) is 73.0 Å². The Hall–Kier alpha value is -2.82. The molecule has 4 aromatic rings. The molecule has 0 fully saturated rings. The highest BCUT2D eigenvalue weighted by atomic mass is 35.5. The lowest BCUT2D eigenvalue weighted by atomic mass is 9.74. The summed E-state index contributed by atoms with van der Waals surface area (Å²) in [5.41, 5.74) is 6.32. The number of methoxy groups -OCH3 is 1. The van der Waals surface area contributed by atoms with Gasteiger partial charge in [0, 0.05) is 18.6 Å². The number of ether oxygens (including phenoxy) is 1. The zero-order valence-corrected chi connectivity index (χ0v) is 26.1. The highest BCUT2D eigenvalue weighted by Gasteiger charge is 2.43. The first-order chi connectivity index (χ1) is 19.2. The van der Waals surface area contributed by atoms with Gasteiger partial charge in [-0.3, -0.25) is 4.90 Å². The molecule has 1 aliphatic rings. The SMILES string of the molecule is CCCN(C(C)CNC1CCc2cccc(OC)c2C1)C(c1ccccc1)(c1ccccc1)c1ccccc1.Cl.Cl. The molecule has 1 aliphatic carbocycles. The molecule has 2 unspecified atom stereocenters. The van der Waals surface area contributed by atoms with Gasteiger partial charge in [-0.1, -0.05) is 110 Å². The minimum absolute atomic E-state index is 0. The number of hydrogen-bond donors (Lipinski definition) is 1. The molecule has 0 aromatic heterocycles. The molecule has 41 heavy (non-hydrogen) atoms. The molecule has 0 radical (unpaired) electrons. The van der Waals surface area contributed by atoms with Crippen molar-refractivity contribution in [2.45, 2.75) is 57.2 Å². The zero-order chi connectivity index (χ0) is 27.1. The minimum atomic E-state index is -0.400. The Labute approximate surface area is 259 Å². The van der Waals surface area contributed by atoms with E-state index in [1.165, 1.54) is 27.8 Å². The van der Waals surface area contributed by atoms with Crippen molar-refractivity contribution in [2.75, 3.05) is 20.2 Å². The third-order valence-corrected chi connectivity index (χ3v) is 8.37. The van der Waals surface area contributed by atoms with Gasteiger partial charge in [0.1, 0.15) is 5.75 Å². The summed E-state index contributed by atoms with van der Waals surface area (Å²) in [7, 11) is 1.79. The van der Waals surface area contributed by atoms with Crippen LogP contribution in [-0.2, 0) is 18.4 Å². The predicted octanol–water partition coefficient (Wildman–Crippen LogP) is 8.08. The van der Waals surface area contributed by atoms with Crippen molar-refractivity contribution in [2.24, 2.45) is 0 Å². The molecule has 218 valence electrons. The summed E-state index contributed by atoms with van der Waals surface area (Å²) in [4.78, 5) is 2.73. The second-order valence-corrected chi connectivity index (χ2v) is 10.8. The van der Waals surface area contributed by atoms with Crippen LogP contribution in [0, 0.1) is 0 Å². The number of aryl methyl sites for hydroxylation is 1. The van der Waals surface area contributed by atoms with Gasteiger partial charge in [0.15, 0.2) is 0 Å². The van der Waals surface area contributed by atoms with Crippen LogP contribution in [0.4, 0.5) is 0 Å². The number of rotatable bonds is 11. The Morgan fingerprint density at radius 3 is 1.83 bits per heavy atom. The highest BCUT2D eigenvalue weighted by molar-refractivity contribution is 5.85. The summed E-state index contributed by atoms with van der Waals surface area (Å²) in [6.45, 7) is 6.60. The number of nitrogens with one attached hydrogen (secondary N) is 1. The Balaban J connectivity index is 0.00000231. The van der Waals surface area contributed by atoms with E-state index < -0.39 is 5.54 Å². The zero-order valence-electron chi connectivity index (χ0n) is 24.5. The molecule has 0 saturated carbocycles. The third-order valence-electron chi connectivity index (χ3n) is 8.37. The molecule has 0 amide bonds. The largest absolute Gasteiger partial charge is 0.496 e. The summed E-state index contributed by atoms with van der Waals surface area (Å²) >= 11 is 0. The fraction of sp³-hybridized carbons (Fsp3) is 0.333. The second-order valence-electron chi connectivity index (χ2n) is 10.8. The van der Waals surface area contributed by atoms with Gasteiger partial charge in [-0.2, -0.15) is 0 Å². The van der Waals surface area contributed by atoms with Crippen molar-refractivity contribution in [3.8, 4) is 5.75 Å². The Bertz CT molecular complexity index is 1210. The molecule has 0 spiro atoms. The molecule has 0 saturated heterocycles. The van der Waals surface area contributed by atoms with Crippen LogP contribution >= 0.6 is 24.8 Å². The topological polar surface area (TPSA) is 24.5 Å². The van der Waals surface area contributed by atoms with Crippen LogP contribution in [0.1, 0.15) is 54.5 Å². The first-order valence-corrected chi connectivity index (χ1v) is 14.5. The van der Waals surface area contributed by atoms with Crippen molar-refractivity contribution in [1.82, 2.24) is 10.2 Å². The van der Waals surface area contributed by atoms with Crippen LogP contribution < -0.4 is 10.1 Å². The predicted molar refractivity (Wildman–Crippen MR) is 177 cm³/mol. The van der Waals surface area contributed by atoms with Crippen molar-refractivity contribution in [3.05, 3.63) is 137 Å². The summed E-state index contributed by atoms with van der Waals surface area (Å²) < 4.78 is 5.71. The maximum absolute atomic E-state index is 5.71. The maximum Gasteiger partial charge on any atom is 0.122 e. The van der Waals surface area contributed by atoms with Gasteiger partial charge in [0.25, 0.3) is 0 Å². The minimum Gasteiger partial charge on any atom is -0.496 e. The lowest BCUT2D eigenvalue weighted by Crippen LogP contribution is -2.55. The van der Waals surface area contributed by atoms with Crippen LogP contribution in [0.5, 0.6) is 5.75 Å². The van der Waals surface area contributed by atoms with E-state index in [4.69, 9.17) is 4.74 Å². The van der Waals surface area contributed by atoms with Crippen LogP contribution in [0.3, 0.4) is 0 Å². The number of benzene rings is 4. The van der Waals surface area contributed by atoms with E-state index in [0.29, 0.717) is 12.1 Å². The van der Waals surface area contributed by atoms with Crippen LogP contribution in [-0.4, -0.2) is 37.2 Å². The first kappa shape index (κ1) is 32.7. The van der Waals surface area contributed by atoms with E-state index in [9.17, 15) is 0 Å². The lowest BCUT2D eigenvalue weighted by Gasteiger charge is -2.49. The molecule has 0 aliphatic heterocycles. The van der Waals surface area contributed by atoms with Crippen LogP contribution in [0.2, 0.25) is 0 Å². The van der Waals surface area contributed by atoms with Gasteiger partial charge in [0.2, 0.25) is 0 Å². The van der Waals surface area contributed by atoms with E-state index in [0.717, 1.165) is 44.5 Å². The van der Waals surface area contributed by atoms with E-state index in [-0.39, 0.29) is 24.8 Å². The van der Waals surface area contributed by atoms with Gasteiger partial charge in [-0.15, -0.1) is 24.8 Å². The van der Waals surface area contributed by atoms with Gasteiger partial charge in [-0.25, -0.2) is 0 Å². The molecule has 3 nitrogen and oxygen atoms in total. The summed E-state index contributed by atoms with van der Waals surface area (Å²) in [5, 5.41) is 3.98. The molecular weight excluding hydrogens is 547 g/mol. The Kier molecular flexibility index (Phi) is 12.3. The fourth-order valence-electron chi connectivity index (χ4n) is 6.56. The maximum atomic E-state index is 5.71. The number of nitrogens with zero attached hydrogens (tertiary/aromatic N) is 1. The lowest BCUT2D eigenvalue weighted by molar-refractivity contribution is 0.103. The standard InChI is InChI=1S/C36H42N2O.2ClH/c1-4-25-38(28(2)27-37-33-24-23-29-15-14-22-35(39-3)34(29)26-33)36(30-16-8-5-9-17-30,31-18-10-6-11-19-31)32-20-12-7-13-21-32;;/h5-22,28,33,37H,4,23-27H2,1-3H3;2*1H. The first-order valence-electron chi connectivity index (χ1n) is 14.5. The van der Waals surface area contributed by atoms with E-state index >= 15 is 0 Å². The summed E-state index contributed by atoms with van der Waals surface area (Å²) in [5.74, 6) is 1.02. The van der Waals surface area contributed by atoms with E-state index in [2.05, 4.69) is 133 Å². The highest BCUT2D eigenvalue weighted by Crippen LogP contribution is 2.43. The number of halogens is 2. The quantitative estimate of drug-likeness (QED) is 0.179. The van der Waals surface area contributed by atoms with E-state index in [1.54, 1.807) is 7.11 Å². The molecule has 2 atom stereocenters. The molecule has 5 heteroatoms. The average Bonchev–Trinajstić information content (AvgIpc) is 3.01. The second kappa shape index (κ2) is 15.4. The third kappa shape index (κ3) is 6.81. The monoisotopic (exact) mass is 590 g/mol. The Morgan fingerprint density at radius 2 is 1.34 bits per heavy atom. The van der Waals surface area contributed by atoms with Crippen molar-refractivity contribution < 1.29 is 4.74 Å². The molecular formula is C36H44Cl2N2O. The van der Waals surface area contributed by atoms with Crippen LogP contribution in [0.15, 0.2) is 109 Å².